The van der Waals surface area contributed by atoms with Crippen molar-refractivity contribution in [3.05, 3.63) is 0 Å². The summed E-state index contributed by atoms with van der Waals surface area (Å²) in [7, 11) is 0. The van der Waals surface area contributed by atoms with Gasteiger partial charge in [0.25, 0.3) is 0 Å². The molecule has 1 aliphatic rings. The summed E-state index contributed by atoms with van der Waals surface area (Å²) >= 11 is 0. The maximum atomic E-state index is 11.7. The van der Waals surface area contributed by atoms with Gasteiger partial charge in [0.05, 0.1) is 6.54 Å². The molecule has 1 fully saturated rings. The Morgan fingerprint density at radius 1 is 1.62 bits per heavy atom. The predicted molar refractivity (Wildman–Crippen MR) is 58.9 cm³/mol. The van der Waals surface area contributed by atoms with Crippen LogP contribution in [0, 0.1) is 0 Å². The van der Waals surface area contributed by atoms with Gasteiger partial charge in [-0.25, -0.2) is 4.79 Å². The van der Waals surface area contributed by atoms with Crippen LogP contribution in [0.2, 0.25) is 0 Å². The molecule has 6 nitrogen and oxygen atoms in total. The molecule has 0 aromatic carbocycles. The Hall–Kier alpha value is -1.14. The minimum atomic E-state index is -0.303. The Kier molecular flexibility index (Phi) is 5.21. The number of hydrogen-bond acceptors (Lipinski definition) is 4. The van der Waals surface area contributed by atoms with Crippen molar-refractivity contribution >= 4 is 11.9 Å². The number of nitrogens with one attached hydrogen (secondary N) is 1. The van der Waals surface area contributed by atoms with Crippen LogP contribution in [-0.2, 0) is 4.79 Å². The number of aliphatic hydroxyl groups excluding tert-OH is 1. The fourth-order valence-corrected chi connectivity index (χ4v) is 1.63. The largest absolute Gasteiger partial charge is 0.396 e. The third-order valence-corrected chi connectivity index (χ3v) is 2.60. The molecule has 0 aromatic heterocycles. The summed E-state index contributed by atoms with van der Waals surface area (Å²) in [6.45, 7) is 4.71. The Bertz CT molecular complexity index is 258. The van der Waals surface area contributed by atoms with Gasteiger partial charge in [-0.05, 0) is 13.0 Å². The van der Waals surface area contributed by atoms with Crippen LogP contribution in [0.15, 0.2) is 0 Å². The molecule has 0 aliphatic carbocycles. The summed E-state index contributed by atoms with van der Waals surface area (Å²) in [6.07, 6.45) is 0.646. The summed E-state index contributed by atoms with van der Waals surface area (Å²) in [4.78, 5) is 26.1. The van der Waals surface area contributed by atoms with Crippen molar-refractivity contribution in [2.75, 3.05) is 39.3 Å². The second-order valence-corrected chi connectivity index (χ2v) is 3.72. The highest BCUT2D eigenvalue weighted by Gasteiger charge is 2.26. The second-order valence-electron chi connectivity index (χ2n) is 3.72. The van der Waals surface area contributed by atoms with Crippen LogP contribution in [0.25, 0.3) is 0 Å². The number of aliphatic hydroxyl groups is 1. The topological polar surface area (TPSA) is 72.9 Å². The van der Waals surface area contributed by atoms with Gasteiger partial charge in [0.1, 0.15) is 0 Å². The van der Waals surface area contributed by atoms with Crippen molar-refractivity contribution in [1.29, 1.82) is 0 Å². The highest BCUT2D eigenvalue weighted by Crippen LogP contribution is 2.00. The van der Waals surface area contributed by atoms with Crippen LogP contribution in [0.1, 0.15) is 13.3 Å². The maximum absolute atomic E-state index is 11.7. The minimum Gasteiger partial charge on any atom is -0.396 e. The molecule has 6 heteroatoms. The van der Waals surface area contributed by atoms with E-state index in [2.05, 4.69) is 5.32 Å². The third kappa shape index (κ3) is 3.46. The molecular weight excluding hydrogens is 210 g/mol. The number of urea groups is 1. The van der Waals surface area contributed by atoms with Crippen LogP contribution < -0.4 is 5.32 Å². The van der Waals surface area contributed by atoms with Crippen molar-refractivity contribution in [3.8, 4) is 0 Å². The normalized spacial score (nSPS) is 15.7. The first-order valence-corrected chi connectivity index (χ1v) is 5.60. The monoisotopic (exact) mass is 229 g/mol. The number of likely N-dealkylation sites (N-methyl/N-ethyl adjacent to an activating group) is 1. The zero-order valence-corrected chi connectivity index (χ0v) is 9.61. The molecule has 1 saturated heterocycles. The molecule has 2 N–H and O–H groups in total. The summed E-state index contributed by atoms with van der Waals surface area (Å²) in [5, 5.41) is 11.3. The Morgan fingerprint density at radius 3 is 2.88 bits per heavy atom. The molecule has 0 radical (unpaired) electrons. The highest BCUT2D eigenvalue weighted by molar-refractivity contribution is 5.96. The minimum absolute atomic E-state index is 0.120. The van der Waals surface area contributed by atoms with E-state index in [9.17, 15) is 9.59 Å². The van der Waals surface area contributed by atoms with Crippen molar-refractivity contribution in [2.24, 2.45) is 0 Å². The number of imide groups is 1. The first-order valence-electron chi connectivity index (χ1n) is 5.60. The fourth-order valence-electron chi connectivity index (χ4n) is 1.63. The van der Waals surface area contributed by atoms with E-state index in [0.29, 0.717) is 26.1 Å². The third-order valence-electron chi connectivity index (χ3n) is 2.60. The van der Waals surface area contributed by atoms with E-state index in [1.165, 1.54) is 4.90 Å². The zero-order chi connectivity index (χ0) is 12.0. The van der Waals surface area contributed by atoms with Crippen LogP contribution in [0.4, 0.5) is 4.79 Å². The molecule has 3 amide bonds. The lowest BCUT2D eigenvalue weighted by molar-refractivity contribution is -0.128. The molecule has 0 atom stereocenters. The molecule has 92 valence electrons. The van der Waals surface area contributed by atoms with Crippen LogP contribution >= 0.6 is 0 Å². The van der Waals surface area contributed by atoms with Gasteiger partial charge in [-0.2, -0.15) is 0 Å². The molecule has 1 rings (SSSR count). The molecule has 0 unspecified atom stereocenters. The number of nitrogens with zero attached hydrogens (tertiary/aromatic N) is 2. The summed E-state index contributed by atoms with van der Waals surface area (Å²) in [5.74, 6) is -0.171. The molecule has 16 heavy (non-hydrogen) atoms. The lowest BCUT2D eigenvalue weighted by Crippen LogP contribution is -2.42. The highest BCUT2D eigenvalue weighted by atomic mass is 16.3. The summed E-state index contributed by atoms with van der Waals surface area (Å²) in [6, 6.07) is -0.303. The van der Waals surface area contributed by atoms with Gasteiger partial charge in [-0.1, -0.05) is 6.92 Å². The Balaban J connectivity index is 2.38. The molecule has 1 aliphatic heterocycles. The number of carbonyl (C=O) groups excluding carboxylic acids is 2. The molecule has 0 saturated carbocycles. The first kappa shape index (κ1) is 12.9. The van der Waals surface area contributed by atoms with E-state index in [1.54, 1.807) is 0 Å². The number of carbonyl (C=O) groups is 2. The van der Waals surface area contributed by atoms with Crippen molar-refractivity contribution in [3.63, 3.8) is 0 Å². The van der Waals surface area contributed by atoms with Crippen molar-refractivity contribution in [2.45, 2.75) is 13.3 Å². The predicted octanol–water partition coefficient (Wildman–Crippen LogP) is -0.757. The van der Waals surface area contributed by atoms with Gasteiger partial charge in [0, 0.05) is 26.2 Å². The van der Waals surface area contributed by atoms with Gasteiger partial charge < -0.3 is 10.4 Å². The number of amides is 3. The Labute approximate surface area is 95.2 Å². The van der Waals surface area contributed by atoms with E-state index >= 15 is 0 Å². The van der Waals surface area contributed by atoms with Gasteiger partial charge in [0.2, 0.25) is 5.91 Å². The van der Waals surface area contributed by atoms with Crippen molar-refractivity contribution in [1.82, 2.24) is 15.1 Å². The van der Waals surface area contributed by atoms with E-state index in [0.717, 1.165) is 6.54 Å². The molecule has 0 bridgehead atoms. The van der Waals surface area contributed by atoms with E-state index in [1.807, 2.05) is 11.8 Å². The van der Waals surface area contributed by atoms with Gasteiger partial charge in [-0.3, -0.25) is 14.6 Å². The average molecular weight is 229 g/mol. The van der Waals surface area contributed by atoms with Crippen molar-refractivity contribution < 1.29 is 14.7 Å². The molecule has 0 aromatic rings. The lowest BCUT2D eigenvalue weighted by atomic mass is 10.3. The zero-order valence-electron chi connectivity index (χ0n) is 9.61. The Morgan fingerprint density at radius 2 is 2.38 bits per heavy atom. The standard InChI is InChI=1S/C10H19N3O3/c1-2-12(5-3-7-14)8-9(15)13-6-4-11-10(13)16/h14H,2-8H2,1H3,(H,11,16). The first-order chi connectivity index (χ1) is 7.69. The average Bonchev–Trinajstić information content (AvgIpc) is 2.70. The number of rotatable bonds is 6. The van der Waals surface area contributed by atoms with Crippen LogP contribution in [0.5, 0.6) is 0 Å². The lowest BCUT2D eigenvalue weighted by Gasteiger charge is -2.21. The molecule has 0 spiro atoms. The van der Waals surface area contributed by atoms with Crippen LogP contribution in [0.3, 0.4) is 0 Å². The molecule has 1 heterocycles. The van der Waals surface area contributed by atoms with E-state index in [-0.39, 0.29) is 25.1 Å². The van der Waals surface area contributed by atoms with E-state index in [4.69, 9.17) is 5.11 Å². The van der Waals surface area contributed by atoms with E-state index < -0.39 is 0 Å². The maximum Gasteiger partial charge on any atom is 0.324 e. The summed E-state index contributed by atoms with van der Waals surface area (Å²) in [5.41, 5.74) is 0. The van der Waals surface area contributed by atoms with Gasteiger partial charge in [-0.15, -0.1) is 0 Å². The van der Waals surface area contributed by atoms with Gasteiger partial charge in [0.15, 0.2) is 0 Å². The SMILES string of the molecule is CCN(CCCO)CC(=O)N1CCNC1=O. The molecular formula is C10H19N3O3. The quantitative estimate of drug-likeness (QED) is 0.628. The fraction of sp³-hybridized carbons (Fsp3) is 0.800. The second kappa shape index (κ2) is 6.44. The number of hydrogen-bond donors (Lipinski definition) is 2. The van der Waals surface area contributed by atoms with Gasteiger partial charge >= 0.3 is 6.03 Å². The summed E-state index contributed by atoms with van der Waals surface area (Å²) < 4.78 is 0. The smallest absolute Gasteiger partial charge is 0.324 e. The van der Waals surface area contributed by atoms with Crippen LogP contribution in [-0.4, -0.2) is 66.2 Å².